The van der Waals surface area contributed by atoms with Gasteiger partial charge in [-0.3, -0.25) is 0 Å². The minimum Gasteiger partial charge on any atom is -0.357 e. The Balaban J connectivity index is 2.07. The zero-order chi connectivity index (χ0) is 13.2. The normalized spacial score (nSPS) is 16.1. The van der Waals surface area contributed by atoms with Crippen molar-refractivity contribution in [2.75, 3.05) is 23.8 Å². The molecule has 0 saturated heterocycles. The molecule has 3 rings (SSSR count). The molecule has 0 bridgehead atoms. The fourth-order valence-corrected chi connectivity index (χ4v) is 3.73. The molecule has 4 nitrogen and oxygen atoms in total. The third kappa shape index (κ3) is 2.27. The molecular weight excluding hydrogens is 256 g/mol. The number of nitrogens with one attached hydrogen (secondary N) is 1. The quantitative estimate of drug-likeness (QED) is 0.928. The summed E-state index contributed by atoms with van der Waals surface area (Å²) in [5.41, 5.74) is 0. The zero-order valence-corrected chi connectivity index (χ0v) is 12.3. The molecule has 0 aliphatic heterocycles. The predicted octanol–water partition coefficient (Wildman–Crippen LogP) is 3.50. The number of rotatable bonds is 4. The molecule has 2 heterocycles. The minimum atomic E-state index is 0.646. The van der Waals surface area contributed by atoms with Crippen LogP contribution in [0, 0.1) is 0 Å². The van der Waals surface area contributed by atoms with Crippen LogP contribution >= 0.6 is 11.3 Å². The maximum atomic E-state index is 4.72. The van der Waals surface area contributed by atoms with Gasteiger partial charge in [-0.2, -0.15) is 4.98 Å². The van der Waals surface area contributed by atoms with Crippen LogP contribution < -0.4 is 10.2 Å². The molecule has 1 N–H and O–H groups in total. The highest BCUT2D eigenvalue weighted by Crippen LogP contribution is 2.33. The molecule has 5 heteroatoms. The first-order valence-corrected chi connectivity index (χ1v) is 7.91. The Morgan fingerprint density at radius 3 is 2.84 bits per heavy atom. The van der Waals surface area contributed by atoms with Crippen LogP contribution in [0.15, 0.2) is 11.4 Å². The van der Waals surface area contributed by atoms with E-state index >= 15 is 0 Å². The highest BCUT2D eigenvalue weighted by Gasteiger charge is 2.24. The van der Waals surface area contributed by atoms with Gasteiger partial charge in [0.05, 0.1) is 5.39 Å². The topological polar surface area (TPSA) is 41.1 Å². The summed E-state index contributed by atoms with van der Waals surface area (Å²) in [4.78, 5) is 12.8. The molecule has 0 radical (unpaired) electrons. The summed E-state index contributed by atoms with van der Waals surface area (Å²) < 4.78 is 0. The van der Waals surface area contributed by atoms with Crippen LogP contribution in [-0.4, -0.2) is 29.6 Å². The molecule has 19 heavy (non-hydrogen) atoms. The summed E-state index contributed by atoms with van der Waals surface area (Å²) in [5, 5.41) is 6.37. The van der Waals surface area contributed by atoms with Crippen molar-refractivity contribution in [1.29, 1.82) is 0 Å². The lowest BCUT2D eigenvalue weighted by Gasteiger charge is -2.29. The first-order chi connectivity index (χ1) is 9.33. The lowest BCUT2D eigenvalue weighted by molar-refractivity contribution is 0.615. The fraction of sp³-hybridized carbons (Fsp3) is 0.571. The van der Waals surface area contributed by atoms with Crippen molar-refractivity contribution in [2.24, 2.45) is 0 Å². The van der Waals surface area contributed by atoms with Gasteiger partial charge in [0.15, 0.2) is 0 Å². The van der Waals surface area contributed by atoms with Gasteiger partial charge in [0.1, 0.15) is 10.6 Å². The van der Waals surface area contributed by atoms with E-state index in [0.29, 0.717) is 6.04 Å². The SMILES string of the molecule is CCN(c1nc(NC)nc2sccc12)C1CCCC1. The Morgan fingerprint density at radius 1 is 1.37 bits per heavy atom. The number of fused-ring (bicyclic) bond motifs is 1. The van der Waals surface area contributed by atoms with Crippen molar-refractivity contribution >= 4 is 33.3 Å². The van der Waals surface area contributed by atoms with Gasteiger partial charge in [-0.05, 0) is 31.2 Å². The van der Waals surface area contributed by atoms with E-state index in [4.69, 9.17) is 4.98 Å². The number of anilines is 2. The summed E-state index contributed by atoms with van der Waals surface area (Å²) in [6.07, 6.45) is 5.27. The van der Waals surface area contributed by atoms with Gasteiger partial charge in [-0.15, -0.1) is 11.3 Å². The molecule has 0 atom stereocenters. The Kier molecular flexibility index (Phi) is 3.55. The van der Waals surface area contributed by atoms with Crippen molar-refractivity contribution in [1.82, 2.24) is 9.97 Å². The second-order valence-corrected chi connectivity index (χ2v) is 5.88. The van der Waals surface area contributed by atoms with Crippen molar-refractivity contribution in [3.63, 3.8) is 0 Å². The van der Waals surface area contributed by atoms with Gasteiger partial charge < -0.3 is 10.2 Å². The van der Waals surface area contributed by atoms with Gasteiger partial charge in [0.25, 0.3) is 0 Å². The van der Waals surface area contributed by atoms with E-state index in [2.05, 4.69) is 33.6 Å². The third-order valence-corrected chi connectivity index (χ3v) is 4.71. The van der Waals surface area contributed by atoms with Gasteiger partial charge >= 0.3 is 0 Å². The summed E-state index contributed by atoms with van der Waals surface area (Å²) in [6, 6.07) is 2.79. The molecule has 0 amide bonds. The van der Waals surface area contributed by atoms with Gasteiger partial charge in [0.2, 0.25) is 5.95 Å². The van der Waals surface area contributed by atoms with Crippen molar-refractivity contribution in [2.45, 2.75) is 38.6 Å². The maximum absolute atomic E-state index is 4.72. The molecule has 2 aromatic rings. The predicted molar refractivity (Wildman–Crippen MR) is 82.2 cm³/mol. The summed E-state index contributed by atoms with van der Waals surface area (Å²) in [5.74, 6) is 1.83. The molecule has 0 aromatic carbocycles. The van der Waals surface area contributed by atoms with E-state index in [1.165, 1.54) is 31.1 Å². The highest BCUT2D eigenvalue weighted by molar-refractivity contribution is 7.16. The van der Waals surface area contributed by atoms with Crippen molar-refractivity contribution in [3.8, 4) is 0 Å². The Labute approximate surface area is 117 Å². The van der Waals surface area contributed by atoms with Crippen LogP contribution in [0.4, 0.5) is 11.8 Å². The Hall–Kier alpha value is -1.36. The van der Waals surface area contributed by atoms with Crippen molar-refractivity contribution in [3.05, 3.63) is 11.4 Å². The second-order valence-electron chi connectivity index (χ2n) is 4.98. The van der Waals surface area contributed by atoms with Crippen LogP contribution in [0.2, 0.25) is 0 Å². The van der Waals surface area contributed by atoms with E-state index in [9.17, 15) is 0 Å². The number of hydrogen-bond acceptors (Lipinski definition) is 5. The number of hydrogen-bond donors (Lipinski definition) is 1. The van der Waals surface area contributed by atoms with E-state index < -0.39 is 0 Å². The molecule has 1 aliphatic rings. The lowest BCUT2D eigenvalue weighted by Crippen LogP contribution is -2.34. The Bertz CT molecular complexity index is 560. The maximum Gasteiger partial charge on any atom is 0.225 e. The molecule has 0 unspecified atom stereocenters. The highest BCUT2D eigenvalue weighted by atomic mass is 32.1. The molecule has 1 fully saturated rings. The lowest BCUT2D eigenvalue weighted by atomic mass is 10.2. The first-order valence-electron chi connectivity index (χ1n) is 7.03. The van der Waals surface area contributed by atoms with E-state index in [1.54, 1.807) is 11.3 Å². The van der Waals surface area contributed by atoms with E-state index in [1.807, 2.05) is 7.05 Å². The second kappa shape index (κ2) is 5.33. The molecule has 1 saturated carbocycles. The van der Waals surface area contributed by atoms with Gasteiger partial charge in [0, 0.05) is 19.6 Å². The molecule has 102 valence electrons. The number of thiophene rings is 1. The van der Waals surface area contributed by atoms with Crippen LogP contribution in [0.1, 0.15) is 32.6 Å². The molecule has 1 aliphatic carbocycles. The van der Waals surface area contributed by atoms with Crippen LogP contribution in [-0.2, 0) is 0 Å². The molecule has 0 spiro atoms. The fourth-order valence-electron chi connectivity index (χ4n) is 2.97. The number of nitrogens with zero attached hydrogens (tertiary/aromatic N) is 3. The summed E-state index contributed by atoms with van der Waals surface area (Å²) >= 11 is 1.68. The monoisotopic (exact) mass is 276 g/mol. The minimum absolute atomic E-state index is 0.646. The number of aromatic nitrogens is 2. The Morgan fingerprint density at radius 2 is 2.16 bits per heavy atom. The molecular formula is C14H20N4S. The third-order valence-electron chi connectivity index (χ3n) is 3.91. The van der Waals surface area contributed by atoms with Gasteiger partial charge in [-0.25, -0.2) is 4.98 Å². The first kappa shape index (κ1) is 12.7. The van der Waals surface area contributed by atoms with Crippen LogP contribution in [0.25, 0.3) is 10.2 Å². The summed E-state index contributed by atoms with van der Waals surface area (Å²) in [6.45, 7) is 3.23. The average Bonchev–Trinajstić information content (AvgIpc) is 3.09. The van der Waals surface area contributed by atoms with Crippen LogP contribution in [0.5, 0.6) is 0 Å². The largest absolute Gasteiger partial charge is 0.357 e. The van der Waals surface area contributed by atoms with Crippen molar-refractivity contribution < 1.29 is 0 Å². The standard InChI is InChI=1S/C14H20N4S/c1-3-18(10-6-4-5-7-10)12-11-8-9-19-13(11)17-14(15-2)16-12/h8-10H,3-7H2,1-2H3,(H,15,16,17). The van der Waals surface area contributed by atoms with E-state index in [0.717, 1.165) is 23.1 Å². The van der Waals surface area contributed by atoms with E-state index in [-0.39, 0.29) is 0 Å². The van der Waals surface area contributed by atoms with Crippen LogP contribution in [0.3, 0.4) is 0 Å². The molecule has 2 aromatic heterocycles. The zero-order valence-electron chi connectivity index (χ0n) is 11.5. The summed E-state index contributed by atoms with van der Waals surface area (Å²) in [7, 11) is 1.88. The van der Waals surface area contributed by atoms with Gasteiger partial charge in [-0.1, -0.05) is 12.8 Å². The average molecular weight is 276 g/mol. The smallest absolute Gasteiger partial charge is 0.225 e.